The van der Waals surface area contributed by atoms with E-state index in [9.17, 15) is 4.79 Å². The Morgan fingerprint density at radius 3 is 2.36 bits per heavy atom. The first-order valence-corrected chi connectivity index (χ1v) is 5.82. The molecule has 1 aromatic rings. The van der Waals surface area contributed by atoms with Crippen LogP contribution < -0.4 is 0 Å². The van der Waals surface area contributed by atoms with E-state index in [2.05, 4.69) is 4.36 Å². The average molecular weight is 209 g/mol. The van der Waals surface area contributed by atoms with Crippen LogP contribution in [0.25, 0.3) is 0 Å². The van der Waals surface area contributed by atoms with Crippen molar-refractivity contribution in [3.05, 3.63) is 29.8 Å². The zero-order valence-corrected chi connectivity index (χ0v) is 9.60. The van der Waals surface area contributed by atoms with Gasteiger partial charge in [0, 0.05) is 18.4 Å². The Hall–Kier alpha value is -0.960. The Morgan fingerprint density at radius 2 is 1.93 bits per heavy atom. The van der Waals surface area contributed by atoms with E-state index >= 15 is 0 Å². The molecule has 1 atom stereocenters. The van der Waals surface area contributed by atoms with Crippen molar-refractivity contribution in [3.8, 4) is 0 Å². The fraction of sp³-hybridized carbons (Fsp3) is 0.364. The average Bonchev–Trinajstić information content (AvgIpc) is 2.15. The molecule has 2 nitrogen and oxygen atoms in total. The smallest absolute Gasteiger partial charge is 0.200 e. The molecule has 0 saturated carbocycles. The molecule has 0 spiro atoms. The van der Waals surface area contributed by atoms with Crippen molar-refractivity contribution in [1.29, 1.82) is 0 Å². The molecular formula is C11H15NOS. The first-order valence-electron chi connectivity index (χ1n) is 4.64. The molecule has 1 rings (SSSR count). The molecule has 76 valence electrons. The van der Waals surface area contributed by atoms with Gasteiger partial charge in [0.15, 0.2) is 0 Å². The minimum absolute atomic E-state index is 0.135. The Labute approximate surface area is 87.4 Å². The summed E-state index contributed by atoms with van der Waals surface area (Å²) >= 11 is 0. The molecule has 3 heteroatoms. The number of hydrogen-bond donors (Lipinski definition) is 0. The quantitative estimate of drug-likeness (QED) is 0.736. The molecule has 0 aromatic heterocycles. The molecule has 0 radical (unpaired) electrons. The van der Waals surface area contributed by atoms with E-state index in [0.29, 0.717) is 6.54 Å². The number of rotatable bonds is 2. The van der Waals surface area contributed by atoms with Gasteiger partial charge in [-0.2, -0.15) is 0 Å². The summed E-state index contributed by atoms with van der Waals surface area (Å²) in [6.07, 6.45) is 0. The van der Waals surface area contributed by atoms with Crippen molar-refractivity contribution in [2.24, 2.45) is 4.36 Å². The lowest BCUT2D eigenvalue weighted by atomic mass is 10.2. The minimum atomic E-state index is -0.562. The monoisotopic (exact) mass is 209 g/mol. The van der Waals surface area contributed by atoms with Crippen LogP contribution in [0.15, 0.2) is 33.5 Å². The lowest BCUT2D eigenvalue weighted by Gasteiger charge is -2.04. The molecule has 0 aliphatic heterocycles. The maximum Gasteiger partial charge on any atom is 0.200 e. The van der Waals surface area contributed by atoms with Gasteiger partial charge < -0.3 is 0 Å². The van der Waals surface area contributed by atoms with Crippen LogP contribution in [0.3, 0.4) is 0 Å². The molecule has 14 heavy (non-hydrogen) atoms. The molecule has 1 unspecified atom stereocenters. The van der Waals surface area contributed by atoms with Gasteiger partial charge in [-0.1, -0.05) is 17.7 Å². The summed E-state index contributed by atoms with van der Waals surface area (Å²) in [6, 6.07) is 8.00. The molecule has 1 aromatic carbocycles. The number of hydrogen-bond acceptors (Lipinski definition) is 2. The van der Waals surface area contributed by atoms with Crippen molar-refractivity contribution >= 4 is 15.8 Å². The fourth-order valence-electron chi connectivity index (χ4n) is 1.13. The SMILES string of the molecule is CCN=S(C(C)=O)c1ccc(C)cc1. The van der Waals surface area contributed by atoms with E-state index in [1.165, 1.54) is 5.56 Å². The third-order valence-corrected chi connectivity index (χ3v) is 3.55. The van der Waals surface area contributed by atoms with Crippen LogP contribution >= 0.6 is 0 Å². The molecule has 0 aliphatic carbocycles. The second-order valence-corrected chi connectivity index (χ2v) is 4.91. The minimum Gasteiger partial charge on any atom is -0.286 e. The summed E-state index contributed by atoms with van der Waals surface area (Å²) in [5.41, 5.74) is 1.21. The zero-order valence-electron chi connectivity index (χ0n) is 8.78. The molecule has 0 heterocycles. The Morgan fingerprint density at radius 1 is 1.36 bits per heavy atom. The van der Waals surface area contributed by atoms with E-state index in [-0.39, 0.29) is 5.12 Å². The van der Waals surface area contributed by atoms with Gasteiger partial charge in [0.2, 0.25) is 5.12 Å². The summed E-state index contributed by atoms with van der Waals surface area (Å²) in [6.45, 7) is 6.28. The number of aryl methyl sites for hydroxylation is 1. The van der Waals surface area contributed by atoms with Crippen LogP contribution in [0.2, 0.25) is 0 Å². The van der Waals surface area contributed by atoms with Crippen LogP contribution in [0.5, 0.6) is 0 Å². The van der Waals surface area contributed by atoms with Gasteiger partial charge in [-0.25, -0.2) is 0 Å². The van der Waals surface area contributed by atoms with E-state index in [4.69, 9.17) is 0 Å². The zero-order chi connectivity index (χ0) is 10.6. The predicted molar refractivity (Wildman–Crippen MR) is 60.5 cm³/mol. The maximum absolute atomic E-state index is 11.3. The van der Waals surface area contributed by atoms with Crippen LogP contribution in [0, 0.1) is 6.92 Å². The number of nitrogens with zero attached hydrogens (tertiary/aromatic N) is 1. The third kappa shape index (κ3) is 2.77. The summed E-state index contributed by atoms with van der Waals surface area (Å²) in [4.78, 5) is 12.4. The van der Waals surface area contributed by atoms with Crippen LogP contribution in [-0.4, -0.2) is 11.7 Å². The summed E-state index contributed by atoms with van der Waals surface area (Å²) in [5, 5.41) is 0.135. The second-order valence-electron chi connectivity index (χ2n) is 3.03. The molecule has 0 bridgehead atoms. The van der Waals surface area contributed by atoms with Gasteiger partial charge in [0.25, 0.3) is 0 Å². The summed E-state index contributed by atoms with van der Waals surface area (Å²) < 4.78 is 4.30. The molecule has 0 saturated heterocycles. The van der Waals surface area contributed by atoms with E-state index < -0.39 is 10.7 Å². The van der Waals surface area contributed by atoms with Crippen molar-refractivity contribution in [1.82, 2.24) is 0 Å². The van der Waals surface area contributed by atoms with E-state index in [1.54, 1.807) is 6.92 Å². The predicted octanol–water partition coefficient (Wildman–Crippen LogP) is 2.72. The van der Waals surface area contributed by atoms with Gasteiger partial charge in [-0.15, -0.1) is 0 Å². The van der Waals surface area contributed by atoms with Crippen LogP contribution in [0.4, 0.5) is 0 Å². The van der Waals surface area contributed by atoms with Gasteiger partial charge >= 0.3 is 0 Å². The number of benzene rings is 1. The van der Waals surface area contributed by atoms with Crippen molar-refractivity contribution in [2.45, 2.75) is 25.7 Å². The highest BCUT2D eigenvalue weighted by Gasteiger charge is 2.05. The highest BCUT2D eigenvalue weighted by Crippen LogP contribution is 2.11. The first-order chi connectivity index (χ1) is 6.65. The fourth-order valence-corrected chi connectivity index (χ4v) is 2.44. The van der Waals surface area contributed by atoms with Crippen molar-refractivity contribution < 1.29 is 4.79 Å². The molecule has 0 aliphatic rings. The Kier molecular flexibility index (Phi) is 4.01. The van der Waals surface area contributed by atoms with Crippen molar-refractivity contribution in [2.75, 3.05) is 6.54 Å². The van der Waals surface area contributed by atoms with Crippen LogP contribution in [-0.2, 0) is 15.5 Å². The van der Waals surface area contributed by atoms with Gasteiger partial charge in [0.05, 0.1) is 0 Å². The highest BCUT2D eigenvalue weighted by molar-refractivity contribution is 8.02. The first kappa shape index (κ1) is 11.1. The Bertz CT molecular complexity index is 354. The summed E-state index contributed by atoms with van der Waals surface area (Å²) in [5.74, 6) is 0. The van der Waals surface area contributed by atoms with E-state index in [1.807, 2.05) is 38.1 Å². The second kappa shape index (κ2) is 5.05. The Balaban J connectivity index is 3.06. The van der Waals surface area contributed by atoms with Crippen LogP contribution in [0.1, 0.15) is 19.4 Å². The van der Waals surface area contributed by atoms with Gasteiger partial charge in [-0.3, -0.25) is 9.16 Å². The number of carbonyl (C=O) groups is 1. The molecule has 0 amide bonds. The van der Waals surface area contributed by atoms with Gasteiger partial charge in [0.1, 0.15) is 0 Å². The standard InChI is InChI=1S/C11H15NOS/c1-4-12-14(10(3)13)11-7-5-9(2)6-8-11/h5-8H,4H2,1-3H3. The van der Waals surface area contributed by atoms with Gasteiger partial charge in [-0.05, 0) is 36.7 Å². The summed E-state index contributed by atoms with van der Waals surface area (Å²) in [7, 11) is -0.562. The van der Waals surface area contributed by atoms with E-state index in [0.717, 1.165) is 4.90 Å². The molecule has 0 fully saturated rings. The normalized spacial score (nSPS) is 12.8. The lowest BCUT2D eigenvalue weighted by molar-refractivity contribution is -0.109. The lowest BCUT2D eigenvalue weighted by Crippen LogP contribution is -2.02. The third-order valence-electron chi connectivity index (χ3n) is 1.77. The largest absolute Gasteiger partial charge is 0.286 e. The molecule has 0 N–H and O–H groups in total. The van der Waals surface area contributed by atoms with Crippen molar-refractivity contribution in [3.63, 3.8) is 0 Å². The maximum atomic E-state index is 11.3. The molecular weight excluding hydrogens is 194 g/mol. The highest BCUT2D eigenvalue weighted by atomic mass is 32.2. The topological polar surface area (TPSA) is 29.4 Å². The number of carbonyl (C=O) groups excluding carboxylic acids is 1.